The fourth-order valence-electron chi connectivity index (χ4n) is 3.35. The second-order valence-corrected chi connectivity index (χ2v) is 8.98. The van der Waals surface area contributed by atoms with Crippen LogP contribution in [-0.2, 0) is 16.9 Å². The maximum Gasteiger partial charge on any atom is 0.271 e. The predicted octanol–water partition coefficient (Wildman–Crippen LogP) is 2.92. The van der Waals surface area contributed by atoms with E-state index in [9.17, 15) is 17.6 Å². The van der Waals surface area contributed by atoms with Gasteiger partial charge < -0.3 is 10.3 Å². The molecular formula is C21H15FN6O3S. The Kier molecular flexibility index (Phi) is 4.48. The van der Waals surface area contributed by atoms with Gasteiger partial charge in [-0.25, -0.2) is 22.8 Å². The average molecular weight is 450 g/mol. The number of nitrogens with one attached hydrogen (secondary N) is 2. The number of halogens is 1. The van der Waals surface area contributed by atoms with Gasteiger partial charge in [-0.3, -0.25) is 9.36 Å². The first-order valence-electron chi connectivity index (χ1n) is 9.40. The Morgan fingerprint density at radius 3 is 2.62 bits per heavy atom. The van der Waals surface area contributed by atoms with Crippen molar-refractivity contribution in [1.82, 2.24) is 24.5 Å². The van der Waals surface area contributed by atoms with Crippen molar-refractivity contribution in [2.45, 2.75) is 9.79 Å². The molecule has 0 aliphatic carbocycles. The lowest BCUT2D eigenvalue weighted by atomic mass is 10.3. The molecule has 160 valence electrons. The van der Waals surface area contributed by atoms with E-state index in [1.165, 1.54) is 19.3 Å². The summed E-state index contributed by atoms with van der Waals surface area (Å²) in [5.74, 6) is -0.337. The Hall–Kier alpha value is -4.12. The van der Waals surface area contributed by atoms with Crippen molar-refractivity contribution < 1.29 is 12.8 Å². The van der Waals surface area contributed by atoms with Crippen LogP contribution in [0.2, 0.25) is 0 Å². The fourth-order valence-corrected chi connectivity index (χ4v) is 4.75. The van der Waals surface area contributed by atoms with Crippen LogP contribution in [0.15, 0.2) is 75.6 Å². The molecule has 3 heterocycles. The SMILES string of the molecule is Cn1c(=O)c(S(=O)(=O)c2ccc(F)cc2)cc2cnc(Nc3ccc4nc[nH]c4c3)nc21. The number of sulfone groups is 1. The van der Waals surface area contributed by atoms with Gasteiger partial charge in [-0.15, -0.1) is 0 Å². The van der Waals surface area contributed by atoms with Crippen molar-refractivity contribution in [3.63, 3.8) is 0 Å². The molecule has 0 aliphatic heterocycles. The molecule has 0 fully saturated rings. The van der Waals surface area contributed by atoms with Crippen molar-refractivity contribution in [3.05, 3.63) is 77.2 Å². The van der Waals surface area contributed by atoms with Gasteiger partial charge in [0.1, 0.15) is 16.4 Å². The summed E-state index contributed by atoms with van der Waals surface area (Å²) in [4.78, 5) is 28.1. The normalized spacial score (nSPS) is 11.8. The largest absolute Gasteiger partial charge is 0.345 e. The predicted molar refractivity (Wildman–Crippen MR) is 116 cm³/mol. The van der Waals surface area contributed by atoms with Gasteiger partial charge in [0, 0.05) is 24.3 Å². The van der Waals surface area contributed by atoms with E-state index in [1.54, 1.807) is 6.33 Å². The molecule has 0 radical (unpaired) electrons. The van der Waals surface area contributed by atoms with E-state index in [-0.39, 0.29) is 16.5 Å². The number of rotatable bonds is 4. The van der Waals surface area contributed by atoms with Crippen LogP contribution in [0.3, 0.4) is 0 Å². The Morgan fingerprint density at radius 1 is 1.06 bits per heavy atom. The van der Waals surface area contributed by atoms with E-state index in [0.717, 1.165) is 39.9 Å². The second kappa shape index (κ2) is 7.24. The molecule has 0 bridgehead atoms. The van der Waals surface area contributed by atoms with Gasteiger partial charge >= 0.3 is 0 Å². The van der Waals surface area contributed by atoms with Crippen LogP contribution in [-0.4, -0.2) is 32.9 Å². The number of anilines is 2. The summed E-state index contributed by atoms with van der Waals surface area (Å²) in [6.45, 7) is 0. The van der Waals surface area contributed by atoms with Gasteiger partial charge in [0.25, 0.3) is 5.56 Å². The molecule has 32 heavy (non-hydrogen) atoms. The van der Waals surface area contributed by atoms with Gasteiger partial charge in [0.15, 0.2) is 0 Å². The van der Waals surface area contributed by atoms with Gasteiger partial charge in [-0.2, -0.15) is 4.98 Å². The van der Waals surface area contributed by atoms with E-state index in [2.05, 4.69) is 25.3 Å². The Labute approximate surface area is 180 Å². The monoisotopic (exact) mass is 450 g/mol. The number of aromatic amines is 1. The molecule has 2 N–H and O–H groups in total. The summed E-state index contributed by atoms with van der Waals surface area (Å²) in [5, 5.41) is 3.42. The zero-order valence-corrected chi connectivity index (χ0v) is 17.4. The number of aromatic nitrogens is 5. The van der Waals surface area contributed by atoms with Gasteiger partial charge in [0.2, 0.25) is 15.8 Å². The summed E-state index contributed by atoms with van der Waals surface area (Å²) in [5.41, 5.74) is 1.87. The van der Waals surface area contributed by atoms with Crippen LogP contribution in [0.1, 0.15) is 0 Å². The Morgan fingerprint density at radius 2 is 1.84 bits per heavy atom. The third kappa shape index (κ3) is 3.28. The minimum Gasteiger partial charge on any atom is -0.345 e. The maximum atomic E-state index is 13.2. The van der Waals surface area contributed by atoms with Crippen LogP contribution < -0.4 is 10.9 Å². The first-order valence-corrected chi connectivity index (χ1v) is 10.9. The lowest BCUT2D eigenvalue weighted by Crippen LogP contribution is -2.25. The number of aryl methyl sites for hydroxylation is 1. The number of hydrogen-bond acceptors (Lipinski definition) is 7. The molecule has 9 nitrogen and oxygen atoms in total. The lowest BCUT2D eigenvalue weighted by molar-refractivity contribution is 0.592. The van der Waals surface area contributed by atoms with E-state index in [4.69, 9.17) is 0 Å². The van der Waals surface area contributed by atoms with E-state index < -0.39 is 26.1 Å². The molecule has 0 spiro atoms. The van der Waals surface area contributed by atoms with Crippen LogP contribution in [0.4, 0.5) is 16.0 Å². The molecular weight excluding hydrogens is 435 g/mol. The molecule has 0 saturated carbocycles. The third-order valence-corrected chi connectivity index (χ3v) is 6.77. The maximum absolute atomic E-state index is 13.2. The molecule has 0 saturated heterocycles. The molecule has 2 aromatic carbocycles. The standard InChI is InChI=1S/C21H15FN6O3S/c1-28-19-12(8-18(20(28)29)32(30,31)15-5-2-13(22)3-6-15)10-23-21(27-19)26-14-4-7-16-17(9-14)25-11-24-16/h2-11H,1H3,(H,24,25)(H,23,26,27). The smallest absolute Gasteiger partial charge is 0.271 e. The van der Waals surface area contributed by atoms with Crippen LogP contribution in [0, 0.1) is 5.82 Å². The highest BCUT2D eigenvalue weighted by atomic mass is 32.2. The molecule has 3 aromatic heterocycles. The molecule has 5 rings (SSSR count). The van der Waals surface area contributed by atoms with Crippen molar-refractivity contribution >= 4 is 43.5 Å². The summed E-state index contributed by atoms with van der Waals surface area (Å²) in [7, 11) is -2.72. The molecule has 0 unspecified atom stereocenters. The highest BCUT2D eigenvalue weighted by Gasteiger charge is 2.24. The number of pyridine rings is 1. The Balaban J connectivity index is 1.57. The summed E-state index contributed by atoms with van der Waals surface area (Å²) >= 11 is 0. The topological polar surface area (TPSA) is 123 Å². The number of nitrogens with zero attached hydrogens (tertiary/aromatic N) is 4. The lowest BCUT2D eigenvalue weighted by Gasteiger charge is -2.11. The van der Waals surface area contributed by atoms with E-state index >= 15 is 0 Å². The highest BCUT2D eigenvalue weighted by molar-refractivity contribution is 7.91. The molecule has 0 amide bonds. The van der Waals surface area contributed by atoms with E-state index in [1.807, 2.05) is 18.2 Å². The van der Waals surface area contributed by atoms with Crippen molar-refractivity contribution in [2.75, 3.05) is 5.32 Å². The summed E-state index contributed by atoms with van der Waals surface area (Å²) in [6, 6.07) is 11.0. The van der Waals surface area contributed by atoms with Gasteiger partial charge in [-0.1, -0.05) is 0 Å². The van der Waals surface area contributed by atoms with Crippen LogP contribution >= 0.6 is 0 Å². The van der Waals surface area contributed by atoms with Crippen LogP contribution in [0.5, 0.6) is 0 Å². The van der Waals surface area contributed by atoms with Gasteiger partial charge in [-0.05, 0) is 48.5 Å². The molecule has 0 atom stereocenters. The zero-order valence-electron chi connectivity index (χ0n) is 16.6. The summed E-state index contributed by atoms with van der Waals surface area (Å²) in [6.07, 6.45) is 3.02. The molecule has 5 aromatic rings. The third-order valence-electron chi connectivity index (χ3n) is 5.01. The summed E-state index contributed by atoms with van der Waals surface area (Å²) < 4.78 is 40.3. The van der Waals surface area contributed by atoms with Gasteiger partial charge in [0.05, 0.1) is 22.3 Å². The quantitative estimate of drug-likeness (QED) is 0.404. The minimum atomic E-state index is -4.15. The first-order chi connectivity index (χ1) is 15.3. The molecule has 0 aliphatic rings. The fraction of sp³-hybridized carbons (Fsp3) is 0.0476. The number of benzene rings is 2. The number of H-pyrrole nitrogens is 1. The van der Waals surface area contributed by atoms with Crippen LogP contribution in [0.25, 0.3) is 22.1 Å². The van der Waals surface area contributed by atoms with Crippen molar-refractivity contribution in [2.24, 2.45) is 7.05 Å². The Bertz CT molecular complexity index is 1660. The zero-order chi connectivity index (χ0) is 22.5. The average Bonchev–Trinajstić information content (AvgIpc) is 3.24. The number of hydrogen-bond donors (Lipinski definition) is 2. The highest BCUT2D eigenvalue weighted by Crippen LogP contribution is 2.23. The van der Waals surface area contributed by atoms with E-state index in [0.29, 0.717) is 11.1 Å². The first kappa shape index (κ1) is 19.8. The number of fused-ring (bicyclic) bond motifs is 2. The molecule has 11 heteroatoms. The number of imidazole rings is 1. The van der Waals surface area contributed by atoms with Crippen molar-refractivity contribution in [1.29, 1.82) is 0 Å². The van der Waals surface area contributed by atoms with Crippen molar-refractivity contribution in [3.8, 4) is 0 Å². The second-order valence-electron chi connectivity index (χ2n) is 7.06. The minimum absolute atomic E-state index is 0.177.